The maximum atomic E-state index is 12.9. The number of carbonyl (C=O) groups is 1. The van der Waals surface area contributed by atoms with Gasteiger partial charge in [-0.15, -0.1) is 0 Å². The van der Waals surface area contributed by atoms with Crippen LogP contribution in [-0.4, -0.2) is 5.91 Å². The van der Waals surface area contributed by atoms with Gasteiger partial charge in [-0.2, -0.15) is 0 Å². The van der Waals surface area contributed by atoms with Gasteiger partial charge >= 0.3 is 0 Å². The predicted octanol–water partition coefficient (Wildman–Crippen LogP) is 4.77. The molecule has 0 aliphatic heterocycles. The standard InChI is InChI=1S/C21H19NO/c1-16-12-14-19(15-13-16)22-21(23)20(17-8-4-2-5-9-17)18-10-6-3-7-11-18/h2-15,20H,1H3,(H,22,23). The normalized spacial score (nSPS) is 10.5. The highest BCUT2D eigenvalue weighted by Crippen LogP contribution is 2.26. The Kier molecular flexibility index (Phi) is 4.53. The third kappa shape index (κ3) is 3.67. The highest BCUT2D eigenvalue weighted by Gasteiger charge is 2.22. The molecule has 23 heavy (non-hydrogen) atoms. The summed E-state index contributed by atoms with van der Waals surface area (Å²) in [5, 5.41) is 3.03. The fraction of sp³-hybridized carbons (Fsp3) is 0.0952. The van der Waals surface area contributed by atoms with Gasteiger partial charge in [0, 0.05) is 5.69 Å². The van der Waals surface area contributed by atoms with E-state index in [9.17, 15) is 4.79 Å². The van der Waals surface area contributed by atoms with Crippen molar-refractivity contribution in [2.45, 2.75) is 12.8 Å². The van der Waals surface area contributed by atoms with Crippen molar-refractivity contribution >= 4 is 11.6 Å². The number of nitrogens with one attached hydrogen (secondary N) is 1. The van der Waals surface area contributed by atoms with Gasteiger partial charge in [-0.3, -0.25) is 4.79 Å². The SMILES string of the molecule is Cc1ccc(NC(=O)C(c2ccccc2)c2ccccc2)cc1. The fourth-order valence-corrected chi connectivity index (χ4v) is 2.64. The predicted molar refractivity (Wildman–Crippen MR) is 94.5 cm³/mol. The first kappa shape index (κ1) is 15.0. The third-order valence-electron chi connectivity index (χ3n) is 3.85. The lowest BCUT2D eigenvalue weighted by Crippen LogP contribution is -2.22. The Labute approximate surface area is 136 Å². The molecule has 0 saturated heterocycles. The molecule has 2 nitrogen and oxygen atoms in total. The zero-order valence-corrected chi connectivity index (χ0v) is 13.1. The lowest BCUT2D eigenvalue weighted by molar-refractivity contribution is -0.116. The molecule has 0 atom stereocenters. The number of anilines is 1. The monoisotopic (exact) mass is 301 g/mol. The van der Waals surface area contributed by atoms with E-state index in [1.165, 1.54) is 5.56 Å². The molecule has 0 aromatic heterocycles. The Balaban J connectivity index is 1.92. The van der Waals surface area contributed by atoms with Crippen LogP contribution < -0.4 is 5.32 Å². The summed E-state index contributed by atoms with van der Waals surface area (Å²) in [4.78, 5) is 12.9. The molecule has 2 heteroatoms. The summed E-state index contributed by atoms with van der Waals surface area (Å²) in [5.74, 6) is -0.343. The number of carbonyl (C=O) groups excluding carboxylic acids is 1. The van der Waals surface area contributed by atoms with Crippen molar-refractivity contribution in [3.05, 3.63) is 102 Å². The Morgan fingerprint density at radius 1 is 0.739 bits per heavy atom. The first-order valence-electron chi connectivity index (χ1n) is 7.71. The molecule has 0 radical (unpaired) electrons. The van der Waals surface area contributed by atoms with Gasteiger partial charge in [0.1, 0.15) is 0 Å². The van der Waals surface area contributed by atoms with Gasteiger partial charge in [0.2, 0.25) is 5.91 Å². The zero-order chi connectivity index (χ0) is 16.1. The molecular formula is C21H19NO. The lowest BCUT2D eigenvalue weighted by atomic mass is 9.90. The second-order valence-electron chi connectivity index (χ2n) is 5.61. The van der Waals surface area contributed by atoms with Crippen LogP contribution in [0.25, 0.3) is 0 Å². The average Bonchev–Trinajstić information content (AvgIpc) is 2.59. The Morgan fingerprint density at radius 2 is 1.22 bits per heavy atom. The van der Waals surface area contributed by atoms with Gasteiger partial charge in [0.15, 0.2) is 0 Å². The minimum absolute atomic E-state index is 0.0220. The van der Waals surface area contributed by atoms with Crippen LogP contribution in [0.1, 0.15) is 22.6 Å². The molecule has 3 aromatic rings. The molecule has 1 N–H and O–H groups in total. The van der Waals surface area contributed by atoms with Crippen LogP contribution in [0.5, 0.6) is 0 Å². The molecule has 0 aliphatic carbocycles. The van der Waals surface area contributed by atoms with Crippen LogP contribution in [0.3, 0.4) is 0 Å². The largest absolute Gasteiger partial charge is 0.325 e. The van der Waals surface area contributed by atoms with Crippen LogP contribution >= 0.6 is 0 Å². The highest BCUT2D eigenvalue weighted by atomic mass is 16.1. The van der Waals surface area contributed by atoms with E-state index >= 15 is 0 Å². The van der Waals surface area contributed by atoms with E-state index in [4.69, 9.17) is 0 Å². The van der Waals surface area contributed by atoms with Gasteiger partial charge in [0.25, 0.3) is 0 Å². The number of amides is 1. The second kappa shape index (κ2) is 6.93. The Morgan fingerprint density at radius 3 is 1.70 bits per heavy atom. The summed E-state index contributed by atoms with van der Waals surface area (Å²) in [5.41, 5.74) is 3.97. The topological polar surface area (TPSA) is 29.1 Å². The molecule has 0 bridgehead atoms. The number of hydrogen-bond donors (Lipinski definition) is 1. The quantitative estimate of drug-likeness (QED) is 0.739. The molecule has 3 aromatic carbocycles. The van der Waals surface area contributed by atoms with Crippen molar-refractivity contribution in [1.82, 2.24) is 0 Å². The van der Waals surface area contributed by atoms with E-state index in [1.54, 1.807) is 0 Å². The van der Waals surface area contributed by atoms with Gasteiger partial charge in [-0.1, -0.05) is 78.4 Å². The van der Waals surface area contributed by atoms with Crippen LogP contribution in [0.2, 0.25) is 0 Å². The van der Waals surface area contributed by atoms with E-state index in [0.717, 1.165) is 16.8 Å². The minimum atomic E-state index is -0.321. The molecule has 114 valence electrons. The van der Waals surface area contributed by atoms with Crippen molar-refractivity contribution in [2.75, 3.05) is 5.32 Å². The first-order chi connectivity index (χ1) is 11.2. The van der Waals surface area contributed by atoms with E-state index in [0.29, 0.717) is 0 Å². The zero-order valence-electron chi connectivity index (χ0n) is 13.1. The van der Waals surface area contributed by atoms with Crippen LogP contribution in [0.15, 0.2) is 84.9 Å². The molecule has 0 fully saturated rings. The summed E-state index contributed by atoms with van der Waals surface area (Å²) in [7, 11) is 0. The number of aryl methyl sites for hydroxylation is 1. The number of rotatable bonds is 4. The third-order valence-corrected chi connectivity index (χ3v) is 3.85. The molecule has 1 amide bonds. The van der Waals surface area contributed by atoms with Gasteiger partial charge < -0.3 is 5.32 Å². The molecule has 3 rings (SSSR count). The van der Waals surface area contributed by atoms with Crippen molar-refractivity contribution < 1.29 is 4.79 Å². The Hall–Kier alpha value is -2.87. The molecule has 0 spiro atoms. The van der Waals surface area contributed by atoms with Gasteiger partial charge in [-0.25, -0.2) is 0 Å². The first-order valence-corrected chi connectivity index (χ1v) is 7.71. The van der Waals surface area contributed by atoms with Crippen molar-refractivity contribution in [2.24, 2.45) is 0 Å². The van der Waals surface area contributed by atoms with Crippen LogP contribution in [0.4, 0.5) is 5.69 Å². The maximum Gasteiger partial charge on any atom is 0.236 e. The molecular weight excluding hydrogens is 282 g/mol. The molecule has 0 aliphatic rings. The van der Waals surface area contributed by atoms with Crippen LogP contribution in [0, 0.1) is 6.92 Å². The summed E-state index contributed by atoms with van der Waals surface area (Å²) in [6, 6.07) is 27.6. The average molecular weight is 301 g/mol. The van der Waals surface area contributed by atoms with Crippen molar-refractivity contribution in [3.63, 3.8) is 0 Å². The molecule has 0 unspecified atom stereocenters. The lowest BCUT2D eigenvalue weighted by Gasteiger charge is -2.18. The summed E-state index contributed by atoms with van der Waals surface area (Å²) < 4.78 is 0. The van der Waals surface area contributed by atoms with Crippen molar-refractivity contribution in [3.8, 4) is 0 Å². The number of benzene rings is 3. The smallest absolute Gasteiger partial charge is 0.236 e. The highest BCUT2D eigenvalue weighted by molar-refractivity contribution is 5.98. The van der Waals surface area contributed by atoms with E-state index < -0.39 is 0 Å². The van der Waals surface area contributed by atoms with Gasteiger partial charge in [0.05, 0.1) is 5.92 Å². The van der Waals surface area contributed by atoms with E-state index in [-0.39, 0.29) is 11.8 Å². The minimum Gasteiger partial charge on any atom is -0.325 e. The molecule has 0 saturated carbocycles. The van der Waals surface area contributed by atoms with E-state index in [2.05, 4.69) is 5.32 Å². The van der Waals surface area contributed by atoms with Crippen molar-refractivity contribution in [1.29, 1.82) is 0 Å². The Bertz CT molecular complexity index is 724. The molecule has 0 heterocycles. The summed E-state index contributed by atoms with van der Waals surface area (Å²) >= 11 is 0. The summed E-state index contributed by atoms with van der Waals surface area (Å²) in [6.07, 6.45) is 0. The van der Waals surface area contributed by atoms with Gasteiger partial charge in [-0.05, 0) is 30.2 Å². The number of hydrogen-bond acceptors (Lipinski definition) is 1. The van der Waals surface area contributed by atoms with Crippen LogP contribution in [-0.2, 0) is 4.79 Å². The van der Waals surface area contributed by atoms with E-state index in [1.807, 2.05) is 91.9 Å². The maximum absolute atomic E-state index is 12.9. The fourth-order valence-electron chi connectivity index (χ4n) is 2.64. The second-order valence-corrected chi connectivity index (χ2v) is 5.61. The summed E-state index contributed by atoms with van der Waals surface area (Å²) in [6.45, 7) is 2.03.